The van der Waals surface area contributed by atoms with Gasteiger partial charge in [0.1, 0.15) is 0 Å². The number of amides is 1. The third-order valence-electron chi connectivity index (χ3n) is 3.43. The van der Waals surface area contributed by atoms with Crippen LogP contribution in [0.2, 0.25) is 0 Å². The fourth-order valence-electron chi connectivity index (χ4n) is 2.32. The lowest BCUT2D eigenvalue weighted by Gasteiger charge is -2.14. The molecule has 1 amide bonds. The molecule has 0 fully saturated rings. The standard InChI is InChI=1S/C16H19BrN2OS/c17-14-8-4-7-13(11-14)15(20)19-16(21)18-10-9-12-5-2-1-3-6-12/h4-5,7-8,11H,1-3,6,9-10H2,(H2,18,19,20,21). The first-order chi connectivity index (χ1) is 10.1. The van der Waals surface area contributed by atoms with Crippen molar-refractivity contribution in [3.8, 4) is 0 Å². The van der Waals surface area contributed by atoms with Crippen molar-refractivity contribution in [1.29, 1.82) is 0 Å². The summed E-state index contributed by atoms with van der Waals surface area (Å²) in [5.74, 6) is -0.189. The van der Waals surface area contributed by atoms with Gasteiger partial charge in [0, 0.05) is 16.6 Å². The first-order valence-electron chi connectivity index (χ1n) is 7.18. The molecule has 0 saturated carbocycles. The van der Waals surface area contributed by atoms with Gasteiger partial charge in [0.2, 0.25) is 0 Å². The minimum absolute atomic E-state index is 0.189. The normalized spacial score (nSPS) is 14.2. The highest BCUT2D eigenvalue weighted by atomic mass is 79.9. The number of rotatable bonds is 4. The van der Waals surface area contributed by atoms with Gasteiger partial charge < -0.3 is 5.32 Å². The van der Waals surface area contributed by atoms with Crippen LogP contribution in [0.15, 0.2) is 40.4 Å². The van der Waals surface area contributed by atoms with Crippen LogP contribution < -0.4 is 10.6 Å². The molecule has 112 valence electrons. The first-order valence-corrected chi connectivity index (χ1v) is 8.38. The Hall–Kier alpha value is -1.20. The molecule has 0 aliphatic heterocycles. The van der Waals surface area contributed by atoms with E-state index in [9.17, 15) is 4.79 Å². The molecule has 1 aromatic rings. The fourth-order valence-corrected chi connectivity index (χ4v) is 2.91. The van der Waals surface area contributed by atoms with E-state index in [2.05, 4.69) is 32.6 Å². The number of carbonyl (C=O) groups excluding carboxylic acids is 1. The lowest BCUT2D eigenvalue weighted by atomic mass is 9.97. The Morgan fingerprint density at radius 2 is 2.19 bits per heavy atom. The highest BCUT2D eigenvalue weighted by molar-refractivity contribution is 9.10. The van der Waals surface area contributed by atoms with Crippen LogP contribution in [0.5, 0.6) is 0 Å². The number of allylic oxidation sites excluding steroid dienone is 1. The van der Waals surface area contributed by atoms with E-state index >= 15 is 0 Å². The van der Waals surface area contributed by atoms with Gasteiger partial charge in [-0.3, -0.25) is 10.1 Å². The molecule has 0 spiro atoms. The quantitative estimate of drug-likeness (QED) is 0.626. The molecule has 0 saturated heterocycles. The maximum atomic E-state index is 12.0. The largest absolute Gasteiger partial charge is 0.362 e. The monoisotopic (exact) mass is 366 g/mol. The third-order valence-corrected chi connectivity index (χ3v) is 4.17. The Morgan fingerprint density at radius 1 is 1.33 bits per heavy atom. The predicted octanol–water partition coefficient (Wildman–Crippen LogP) is 3.94. The molecule has 1 aliphatic carbocycles. The van der Waals surface area contributed by atoms with Crippen LogP contribution in [-0.2, 0) is 0 Å². The number of nitrogens with one attached hydrogen (secondary N) is 2. The molecule has 3 nitrogen and oxygen atoms in total. The molecule has 1 aromatic carbocycles. The zero-order chi connectivity index (χ0) is 15.1. The summed E-state index contributed by atoms with van der Waals surface area (Å²) >= 11 is 8.50. The number of hydrogen-bond donors (Lipinski definition) is 2. The summed E-state index contributed by atoms with van der Waals surface area (Å²) in [6, 6.07) is 7.23. The Morgan fingerprint density at radius 3 is 2.90 bits per heavy atom. The number of hydrogen-bond acceptors (Lipinski definition) is 2. The van der Waals surface area contributed by atoms with Crippen LogP contribution in [0.3, 0.4) is 0 Å². The molecule has 0 bridgehead atoms. The summed E-state index contributed by atoms with van der Waals surface area (Å²) in [6.07, 6.45) is 8.30. The zero-order valence-corrected chi connectivity index (χ0v) is 14.2. The van der Waals surface area contributed by atoms with Crippen LogP contribution in [0, 0.1) is 0 Å². The molecule has 5 heteroatoms. The maximum Gasteiger partial charge on any atom is 0.257 e. The van der Waals surface area contributed by atoms with Gasteiger partial charge in [0.25, 0.3) is 5.91 Å². The second-order valence-electron chi connectivity index (χ2n) is 5.08. The van der Waals surface area contributed by atoms with Gasteiger partial charge in [-0.1, -0.05) is 33.6 Å². The second kappa shape index (κ2) is 8.29. The van der Waals surface area contributed by atoms with E-state index in [1.54, 1.807) is 12.1 Å². The highest BCUT2D eigenvalue weighted by Crippen LogP contribution is 2.19. The molecule has 2 N–H and O–H groups in total. The average Bonchev–Trinajstić information content (AvgIpc) is 2.48. The van der Waals surface area contributed by atoms with Crippen LogP contribution >= 0.6 is 28.1 Å². The van der Waals surface area contributed by atoms with Gasteiger partial charge in [-0.05, 0) is 62.5 Å². The summed E-state index contributed by atoms with van der Waals surface area (Å²) in [6.45, 7) is 0.767. The lowest BCUT2D eigenvalue weighted by Crippen LogP contribution is -2.39. The molecule has 1 aliphatic rings. The minimum Gasteiger partial charge on any atom is -0.362 e. The van der Waals surface area contributed by atoms with Crippen molar-refractivity contribution in [1.82, 2.24) is 10.6 Å². The number of thiocarbonyl (C=S) groups is 1. The van der Waals surface area contributed by atoms with E-state index < -0.39 is 0 Å². The van der Waals surface area contributed by atoms with Crippen molar-refractivity contribution in [3.05, 3.63) is 46.0 Å². The SMILES string of the molecule is O=C(NC(=S)NCCC1=CCCCC1)c1cccc(Br)c1. The van der Waals surface area contributed by atoms with Crippen molar-refractivity contribution in [2.24, 2.45) is 0 Å². The average molecular weight is 367 g/mol. The topological polar surface area (TPSA) is 41.1 Å². The fraction of sp³-hybridized carbons (Fsp3) is 0.375. The molecule has 0 atom stereocenters. The van der Waals surface area contributed by atoms with E-state index in [-0.39, 0.29) is 5.91 Å². The van der Waals surface area contributed by atoms with E-state index in [0.29, 0.717) is 10.7 Å². The molecule has 0 heterocycles. The van der Waals surface area contributed by atoms with Crippen LogP contribution in [0.1, 0.15) is 42.5 Å². The van der Waals surface area contributed by atoms with Crippen molar-refractivity contribution < 1.29 is 4.79 Å². The summed E-state index contributed by atoms with van der Waals surface area (Å²) < 4.78 is 0.873. The van der Waals surface area contributed by atoms with Gasteiger partial charge in [0.15, 0.2) is 5.11 Å². The number of carbonyl (C=O) groups is 1. The molecule has 0 unspecified atom stereocenters. The maximum absolute atomic E-state index is 12.0. The van der Waals surface area contributed by atoms with Crippen molar-refractivity contribution >= 4 is 39.2 Å². The molecular formula is C16H19BrN2OS. The smallest absolute Gasteiger partial charge is 0.257 e. The lowest BCUT2D eigenvalue weighted by molar-refractivity contribution is 0.0976. The van der Waals surface area contributed by atoms with Gasteiger partial charge in [0.05, 0.1) is 0 Å². The van der Waals surface area contributed by atoms with Crippen LogP contribution in [0.25, 0.3) is 0 Å². The van der Waals surface area contributed by atoms with Crippen LogP contribution in [-0.4, -0.2) is 17.6 Å². The minimum atomic E-state index is -0.189. The van der Waals surface area contributed by atoms with Crippen LogP contribution in [0.4, 0.5) is 0 Å². The van der Waals surface area contributed by atoms with E-state index in [1.807, 2.05) is 12.1 Å². The van der Waals surface area contributed by atoms with Crippen molar-refractivity contribution in [2.75, 3.05) is 6.54 Å². The predicted molar refractivity (Wildman–Crippen MR) is 93.4 cm³/mol. The van der Waals surface area contributed by atoms with Gasteiger partial charge in [-0.2, -0.15) is 0 Å². The Kier molecular flexibility index (Phi) is 6.39. The summed E-state index contributed by atoms with van der Waals surface area (Å²) in [5, 5.41) is 6.18. The third kappa shape index (κ3) is 5.59. The zero-order valence-electron chi connectivity index (χ0n) is 11.8. The molecule has 0 aromatic heterocycles. The molecule has 0 radical (unpaired) electrons. The number of halogens is 1. The van der Waals surface area contributed by atoms with Crippen molar-refractivity contribution in [2.45, 2.75) is 32.1 Å². The molecule has 21 heavy (non-hydrogen) atoms. The Labute approximate surface area is 139 Å². The van der Waals surface area contributed by atoms with E-state index in [4.69, 9.17) is 12.2 Å². The summed E-state index contributed by atoms with van der Waals surface area (Å²) in [5.41, 5.74) is 2.08. The first kappa shape index (κ1) is 16.2. The van der Waals surface area contributed by atoms with Gasteiger partial charge in [-0.15, -0.1) is 0 Å². The number of benzene rings is 1. The van der Waals surface area contributed by atoms with E-state index in [1.165, 1.54) is 31.3 Å². The summed E-state index contributed by atoms with van der Waals surface area (Å²) in [7, 11) is 0. The van der Waals surface area contributed by atoms with E-state index in [0.717, 1.165) is 17.4 Å². The van der Waals surface area contributed by atoms with Crippen molar-refractivity contribution in [3.63, 3.8) is 0 Å². The highest BCUT2D eigenvalue weighted by Gasteiger charge is 2.08. The van der Waals surface area contributed by atoms with Gasteiger partial charge >= 0.3 is 0 Å². The second-order valence-corrected chi connectivity index (χ2v) is 6.40. The molecule has 2 rings (SSSR count). The molecular weight excluding hydrogens is 348 g/mol. The summed E-state index contributed by atoms with van der Waals surface area (Å²) in [4.78, 5) is 12.0. The Balaban J connectivity index is 1.74. The Bertz CT molecular complexity index is 557. The van der Waals surface area contributed by atoms with Gasteiger partial charge in [-0.25, -0.2) is 0 Å².